The summed E-state index contributed by atoms with van der Waals surface area (Å²) < 4.78 is 41.9. The molecule has 0 aliphatic heterocycles. The smallest absolute Gasteiger partial charge is 0.392 e. The zero-order chi connectivity index (χ0) is 22.2. The van der Waals surface area contributed by atoms with Crippen molar-refractivity contribution in [3.05, 3.63) is 83.4 Å². The molecule has 4 rings (SSSR count). The molecule has 0 fully saturated rings. The number of aromatic nitrogens is 3. The summed E-state index contributed by atoms with van der Waals surface area (Å²) in [6, 6.07) is 12.1. The van der Waals surface area contributed by atoms with Gasteiger partial charge in [-0.05, 0) is 60.5 Å². The number of aryl methyl sites for hydroxylation is 1. The van der Waals surface area contributed by atoms with Crippen LogP contribution in [-0.2, 0) is 12.8 Å². The predicted molar refractivity (Wildman–Crippen MR) is 109 cm³/mol. The van der Waals surface area contributed by atoms with E-state index in [-0.39, 0.29) is 29.2 Å². The molecule has 0 spiro atoms. The first-order chi connectivity index (χ1) is 14.8. The van der Waals surface area contributed by atoms with Gasteiger partial charge in [0.15, 0.2) is 0 Å². The molecular formula is C22H17F3N4O2. The average molecular weight is 426 g/mol. The molecule has 31 heavy (non-hydrogen) atoms. The second-order valence-electron chi connectivity index (χ2n) is 6.94. The molecule has 1 amide bonds. The largest absolute Gasteiger partial charge is 0.450 e. The number of benzene rings is 2. The van der Waals surface area contributed by atoms with Crippen molar-refractivity contribution >= 4 is 22.6 Å². The van der Waals surface area contributed by atoms with Crippen molar-refractivity contribution in [3.8, 4) is 5.69 Å². The number of carbonyl (C=O) groups excluding carboxylic acids is 1. The Kier molecular flexibility index (Phi) is 5.20. The van der Waals surface area contributed by atoms with E-state index in [1.807, 2.05) is 0 Å². The van der Waals surface area contributed by atoms with Crippen molar-refractivity contribution in [1.29, 1.82) is 0 Å². The van der Waals surface area contributed by atoms with E-state index < -0.39 is 12.0 Å². The van der Waals surface area contributed by atoms with Crippen LogP contribution in [0, 0.1) is 6.92 Å². The van der Waals surface area contributed by atoms with Crippen molar-refractivity contribution in [1.82, 2.24) is 14.5 Å². The third kappa shape index (κ3) is 3.99. The number of imidazole rings is 1. The van der Waals surface area contributed by atoms with Crippen molar-refractivity contribution in [2.24, 2.45) is 0 Å². The lowest BCUT2D eigenvalue weighted by Gasteiger charge is -2.13. The highest BCUT2D eigenvalue weighted by atomic mass is 19.4. The standard InChI is InChI=1S/C22H17F3N4O2/c1-13-11-26-9-8-17(13)20(31)27-15-3-5-16(6-4-15)29-19-7-2-14(12-30)10-18(19)28-21(29)22(23,24)25/h2-11,30H,12H2,1H3,(H,27,31). The van der Waals surface area contributed by atoms with E-state index in [1.54, 1.807) is 25.3 Å². The van der Waals surface area contributed by atoms with Crippen LogP contribution in [0.4, 0.5) is 18.9 Å². The summed E-state index contributed by atoms with van der Waals surface area (Å²) in [4.78, 5) is 20.1. The van der Waals surface area contributed by atoms with E-state index in [0.29, 0.717) is 22.4 Å². The number of alkyl halides is 3. The van der Waals surface area contributed by atoms with Crippen LogP contribution in [0.2, 0.25) is 0 Å². The molecule has 0 saturated heterocycles. The molecule has 2 N–H and O–H groups in total. The molecule has 4 aromatic rings. The maximum absolute atomic E-state index is 13.6. The quantitative estimate of drug-likeness (QED) is 0.504. The fourth-order valence-corrected chi connectivity index (χ4v) is 3.30. The lowest BCUT2D eigenvalue weighted by atomic mass is 10.1. The van der Waals surface area contributed by atoms with E-state index in [9.17, 15) is 23.1 Å². The van der Waals surface area contributed by atoms with Gasteiger partial charge in [0.2, 0.25) is 5.82 Å². The SMILES string of the molecule is Cc1cnccc1C(=O)Nc1ccc(-n2c(C(F)(F)F)nc3cc(CO)ccc32)cc1. The summed E-state index contributed by atoms with van der Waals surface area (Å²) in [5.74, 6) is -1.41. The van der Waals surface area contributed by atoms with Gasteiger partial charge >= 0.3 is 6.18 Å². The summed E-state index contributed by atoms with van der Waals surface area (Å²) in [7, 11) is 0. The minimum absolute atomic E-state index is 0.129. The Labute approximate surface area is 175 Å². The molecule has 0 bridgehead atoms. The molecule has 0 atom stereocenters. The fourth-order valence-electron chi connectivity index (χ4n) is 3.30. The van der Waals surface area contributed by atoms with Crippen LogP contribution in [0.5, 0.6) is 0 Å². The highest BCUT2D eigenvalue weighted by Gasteiger charge is 2.38. The minimum Gasteiger partial charge on any atom is -0.392 e. The van der Waals surface area contributed by atoms with Gasteiger partial charge in [0.1, 0.15) is 0 Å². The normalized spacial score (nSPS) is 11.6. The molecule has 0 unspecified atom stereocenters. The molecule has 0 aliphatic rings. The Morgan fingerprint density at radius 3 is 2.52 bits per heavy atom. The van der Waals surface area contributed by atoms with E-state index in [4.69, 9.17) is 0 Å². The highest BCUT2D eigenvalue weighted by molar-refractivity contribution is 6.05. The monoisotopic (exact) mass is 426 g/mol. The summed E-state index contributed by atoms with van der Waals surface area (Å²) in [5, 5.41) is 12.0. The molecule has 6 nitrogen and oxygen atoms in total. The molecule has 9 heteroatoms. The zero-order valence-electron chi connectivity index (χ0n) is 16.3. The Balaban J connectivity index is 1.70. The van der Waals surface area contributed by atoms with Gasteiger partial charge in [0.25, 0.3) is 5.91 Å². The zero-order valence-corrected chi connectivity index (χ0v) is 16.3. The lowest BCUT2D eigenvalue weighted by molar-refractivity contribution is -0.145. The van der Waals surface area contributed by atoms with Crippen LogP contribution >= 0.6 is 0 Å². The summed E-state index contributed by atoms with van der Waals surface area (Å²) >= 11 is 0. The number of aliphatic hydroxyl groups is 1. The minimum atomic E-state index is -4.68. The van der Waals surface area contributed by atoms with Gasteiger partial charge in [-0.2, -0.15) is 13.2 Å². The first-order valence-electron chi connectivity index (χ1n) is 9.30. The Bertz CT molecular complexity index is 1260. The van der Waals surface area contributed by atoms with Crippen LogP contribution in [-0.4, -0.2) is 25.5 Å². The topological polar surface area (TPSA) is 80.0 Å². The Morgan fingerprint density at radius 2 is 1.87 bits per heavy atom. The number of hydrogen-bond donors (Lipinski definition) is 2. The van der Waals surface area contributed by atoms with Crippen molar-refractivity contribution in [3.63, 3.8) is 0 Å². The van der Waals surface area contributed by atoms with Crippen molar-refractivity contribution < 1.29 is 23.1 Å². The maximum Gasteiger partial charge on any atom is 0.450 e. The van der Waals surface area contributed by atoms with Gasteiger partial charge in [-0.25, -0.2) is 4.98 Å². The lowest BCUT2D eigenvalue weighted by Crippen LogP contribution is -2.15. The number of halogens is 3. The number of pyridine rings is 1. The molecule has 0 aliphatic carbocycles. The summed E-state index contributed by atoms with van der Waals surface area (Å²) in [6.07, 6.45) is -1.59. The molecule has 0 radical (unpaired) electrons. The van der Waals surface area contributed by atoms with E-state index in [1.165, 1.54) is 42.6 Å². The number of amides is 1. The average Bonchev–Trinajstić information content (AvgIpc) is 3.14. The summed E-state index contributed by atoms with van der Waals surface area (Å²) in [5.41, 5.74) is 2.70. The molecule has 158 valence electrons. The highest BCUT2D eigenvalue weighted by Crippen LogP contribution is 2.34. The second kappa shape index (κ2) is 7.84. The van der Waals surface area contributed by atoms with Gasteiger partial charge in [-0.1, -0.05) is 6.07 Å². The molecule has 2 aromatic carbocycles. The maximum atomic E-state index is 13.6. The van der Waals surface area contributed by atoms with Crippen molar-refractivity contribution in [2.45, 2.75) is 19.7 Å². The van der Waals surface area contributed by atoms with E-state index >= 15 is 0 Å². The number of fused-ring (bicyclic) bond motifs is 1. The van der Waals surface area contributed by atoms with Crippen LogP contribution in [0.3, 0.4) is 0 Å². The number of aliphatic hydroxyl groups excluding tert-OH is 1. The number of anilines is 1. The number of nitrogens with one attached hydrogen (secondary N) is 1. The van der Waals surface area contributed by atoms with Gasteiger partial charge in [0, 0.05) is 29.3 Å². The van der Waals surface area contributed by atoms with Crippen LogP contribution in [0.1, 0.15) is 27.3 Å². The van der Waals surface area contributed by atoms with Gasteiger partial charge in [-0.3, -0.25) is 14.3 Å². The fraction of sp³-hybridized carbons (Fsp3) is 0.136. The molecule has 2 heterocycles. The third-order valence-corrected chi connectivity index (χ3v) is 4.80. The third-order valence-electron chi connectivity index (χ3n) is 4.80. The molecule has 2 aromatic heterocycles. The van der Waals surface area contributed by atoms with E-state index in [0.717, 1.165) is 4.57 Å². The second-order valence-corrected chi connectivity index (χ2v) is 6.94. The van der Waals surface area contributed by atoms with E-state index in [2.05, 4.69) is 15.3 Å². The Hall–Kier alpha value is -3.72. The Morgan fingerprint density at radius 1 is 1.13 bits per heavy atom. The number of carbonyl (C=O) groups is 1. The van der Waals surface area contributed by atoms with Gasteiger partial charge < -0.3 is 10.4 Å². The van der Waals surface area contributed by atoms with Crippen LogP contribution in [0.15, 0.2) is 60.9 Å². The number of rotatable bonds is 4. The van der Waals surface area contributed by atoms with Gasteiger partial charge in [0.05, 0.1) is 17.6 Å². The van der Waals surface area contributed by atoms with Crippen LogP contribution in [0.25, 0.3) is 16.7 Å². The van der Waals surface area contributed by atoms with Crippen molar-refractivity contribution in [2.75, 3.05) is 5.32 Å². The molecular weight excluding hydrogens is 409 g/mol. The molecule has 0 saturated carbocycles. The number of hydrogen-bond acceptors (Lipinski definition) is 4. The van der Waals surface area contributed by atoms with Crippen LogP contribution < -0.4 is 5.32 Å². The number of nitrogens with zero attached hydrogens (tertiary/aromatic N) is 3. The first-order valence-corrected chi connectivity index (χ1v) is 9.30. The first kappa shape index (κ1) is 20.5. The summed E-state index contributed by atoms with van der Waals surface area (Å²) in [6.45, 7) is 1.46. The van der Waals surface area contributed by atoms with Gasteiger partial charge in [-0.15, -0.1) is 0 Å². The predicted octanol–water partition coefficient (Wildman–Crippen LogP) is 4.49.